The van der Waals surface area contributed by atoms with Crippen LogP contribution in [0.25, 0.3) is 0 Å². The molecular formula is C12H8Cl2N2O4S. The molecule has 0 amide bonds. The van der Waals surface area contributed by atoms with Crippen molar-refractivity contribution in [1.29, 1.82) is 0 Å². The van der Waals surface area contributed by atoms with Gasteiger partial charge >= 0.3 is 5.97 Å². The van der Waals surface area contributed by atoms with Crippen molar-refractivity contribution in [2.24, 2.45) is 0 Å². The molecule has 0 saturated heterocycles. The molecule has 2 rings (SSSR count). The van der Waals surface area contributed by atoms with Crippen LogP contribution in [0.3, 0.4) is 0 Å². The first-order valence-electron chi connectivity index (χ1n) is 5.47. The van der Waals surface area contributed by atoms with E-state index in [9.17, 15) is 13.2 Å². The van der Waals surface area contributed by atoms with Crippen molar-refractivity contribution >= 4 is 44.9 Å². The van der Waals surface area contributed by atoms with E-state index >= 15 is 0 Å². The van der Waals surface area contributed by atoms with E-state index < -0.39 is 16.0 Å². The molecular weight excluding hydrogens is 339 g/mol. The van der Waals surface area contributed by atoms with Crippen LogP contribution in [0.15, 0.2) is 41.4 Å². The van der Waals surface area contributed by atoms with E-state index in [1.807, 2.05) is 0 Å². The number of halogens is 2. The Balaban J connectivity index is 2.35. The smallest absolute Gasteiger partial charge is 0.354 e. The quantitative estimate of drug-likeness (QED) is 0.887. The summed E-state index contributed by atoms with van der Waals surface area (Å²) in [6, 6.07) is 6.77. The molecule has 2 aromatic rings. The highest BCUT2D eigenvalue weighted by molar-refractivity contribution is 7.93. The van der Waals surface area contributed by atoms with Crippen molar-refractivity contribution < 1.29 is 18.3 Å². The van der Waals surface area contributed by atoms with Crippen LogP contribution in [0.2, 0.25) is 10.0 Å². The second-order valence-electron chi connectivity index (χ2n) is 3.89. The van der Waals surface area contributed by atoms with Gasteiger partial charge in [0.25, 0.3) is 10.0 Å². The summed E-state index contributed by atoms with van der Waals surface area (Å²) >= 11 is 11.7. The second-order valence-corrected chi connectivity index (χ2v) is 6.33. The van der Waals surface area contributed by atoms with Crippen LogP contribution in [-0.4, -0.2) is 24.5 Å². The largest absolute Gasteiger partial charge is 0.477 e. The lowest BCUT2D eigenvalue weighted by Crippen LogP contribution is -2.14. The number of carboxylic acids is 1. The zero-order valence-corrected chi connectivity index (χ0v) is 12.6. The second kappa shape index (κ2) is 5.88. The molecule has 0 atom stereocenters. The van der Waals surface area contributed by atoms with Crippen molar-refractivity contribution in [2.75, 3.05) is 4.72 Å². The maximum absolute atomic E-state index is 12.2. The third-order valence-electron chi connectivity index (χ3n) is 2.42. The van der Waals surface area contributed by atoms with E-state index in [0.717, 1.165) is 6.20 Å². The van der Waals surface area contributed by atoms with Crippen LogP contribution in [0, 0.1) is 0 Å². The summed E-state index contributed by atoms with van der Waals surface area (Å²) in [7, 11) is -4.01. The summed E-state index contributed by atoms with van der Waals surface area (Å²) in [4.78, 5) is 14.0. The fourth-order valence-corrected chi connectivity index (χ4v) is 3.72. The Hall–Kier alpha value is -1.83. The Morgan fingerprint density at radius 2 is 1.76 bits per heavy atom. The molecule has 6 nitrogen and oxygen atoms in total. The highest BCUT2D eigenvalue weighted by Gasteiger charge is 2.21. The van der Waals surface area contributed by atoms with Crippen LogP contribution in [0.5, 0.6) is 0 Å². The van der Waals surface area contributed by atoms with Gasteiger partial charge in [-0.05, 0) is 24.3 Å². The van der Waals surface area contributed by atoms with E-state index in [1.165, 1.54) is 30.3 Å². The minimum atomic E-state index is -4.01. The average molecular weight is 347 g/mol. The summed E-state index contributed by atoms with van der Waals surface area (Å²) in [5.74, 6) is -1.21. The monoisotopic (exact) mass is 346 g/mol. The topological polar surface area (TPSA) is 96.4 Å². The van der Waals surface area contributed by atoms with Gasteiger partial charge in [0.1, 0.15) is 10.6 Å². The molecule has 0 bridgehead atoms. The number of pyridine rings is 1. The molecule has 2 N–H and O–H groups in total. The number of hydrogen-bond acceptors (Lipinski definition) is 4. The van der Waals surface area contributed by atoms with Crippen molar-refractivity contribution in [3.05, 3.63) is 52.3 Å². The highest BCUT2D eigenvalue weighted by Crippen LogP contribution is 2.30. The molecule has 21 heavy (non-hydrogen) atoms. The maximum Gasteiger partial charge on any atom is 0.354 e. The average Bonchev–Trinajstić information content (AvgIpc) is 2.38. The molecule has 0 unspecified atom stereocenters. The Morgan fingerprint density at radius 1 is 1.14 bits per heavy atom. The Labute approximate surface area is 130 Å². The maximum atomic E-state index is 12.2. The van der Waals surface area contributed by atoms with E-state index in [1.54, 1.807) is 0 Å². The fraction of sp³-hybridized carbons (Fsp3) is 0. The molecule has 0 saturated carbocycles. The predicted molar refractivity (Wildman–Crippen MR) is 78.5 cm³/mol. The Morgan fingerprint density at radius 3 is 2.24 bits per heavy atom. The number of nitrogens with one attached hydrogen (secondary N) is 1. The molecule has 9 heteroatoms. The van der Waals surface area contributed by atoms with E-state index in [2.05, 4.69) is 9.71 Å². The normalized spacial score (nSPS) is 11.1. The number of hydrogen-bond donors (Lipinski definition) is 2. The number of aromatic carboxylic acids is 1. The van der Waals surface area contributed by atoms with Gasteiger partial charge in [0.15, 0.2) is 0 Å². The first kappa shape index (κ1) is 15.6. The number of sulfonamides is 1. The van der Waals surface area contributed by atoms with Crippen LogP contribution in [0.4, 0.5) is 5.69 Å². The number of aromatic nitrogens is 1. The fourth-order valence-electron chi connectivity index (χ4n) is 1.53. The minimum absolute atomic E-state index is 0.0230. The number of nitrogens with zero attached hydrogens (tertiary/aromatic N) is 1. The first-order valence-corrected chi connectivity index (χ1v) is 7.71. The van der Waals surface area contributed by atoms with Gasteiger partial charge in [0.2, 0.25) is 0 Å². The standard InChI is InChI=1S/C12H8Cl2N2O4S/c13-8-2-1-3-9(14)11(8)21(19,20)16-7-4-5-10(12(17)18)15-6-7/h1-6,16H,(H,17,18). The molecule has 1 aromatic carbocycles. The number of rotatable bonds is 4. The van der Waals surface area contributed by atoms with Gasteiger partial charge in [-0.15, -0.1) is 0 Å². The molecule has 0 aliphatic heterocycles. The van der Waals surface area contributed by atoms with Gasteiger partial charge < -0.3 is 5.11 Å². The zero-order chi connectivity index (χ0) is 15.6. The van der Waals surface area contributed by atoms with Crippen molar-refractivity contribution in [3.63, 3.8) is 0 Å². The lowest BCUT2D eigenvalue weighted by Gasteiger charge is -2.10. The van der Waals surface area contributed by atoms with E-state index in [-0.39, 0.29) is 26.3 Å². The van der Waals surface area contributed by atoms with Crippen LogP contribution in [-0.2, 0) is 10.0 Å². The van der Waals surface area contributed by atoms with Crippen LogP contribution >= 0.6 is 23.2 Å². The lowest BCUT2D eigenvalue weighted by atomic mass is 10.3. The number of carbonyl (C=O) groups is 1. The minimum Gasteiger partial charge on any atom is -0.477 e. The lowest BCUT2D eigenvalue weighted by molar-refractivity contribution is 0.0690. The molecule has 0 spiro atoms. The van der Waals surface area contributed by atoms with Gasteiger partial charge in [-0.2, -0.15) is 0 Å². The van der Waals surface area contributed by atoms with Crippen molar-refractivity contribution in [2.45, 2.75) is 4.90 Å². The molecule has 0 fully saturated rings. The molecule has 1 heterocycles. The number of anilines is 1. The van der Waals surface area contributed by atoms with Crippen LogP contribution < -0.4 is 4.72 Å². The van der Waals surface area contributed by atoms with Crippen LogP contribution in [0.1, 0.15) is 10.5 Å². The number of carboxylic acid groups (broad SMARTS) is 1. The van der Waals surface area contributed by atoms with Gasteiger partial charge in [-0.1, -0.05) is 29.3 Å². The number of benzene rings is 1. The van der Waals surface area contributed by atoms with Crippen molar-refractivity contribution in [1.82, 2.24) is 4.98 Å². The molecule has 110 valence electrons. The highest BCUT2D eigenvalue weighted by atomic mass is 35.5. The van der Waals surface area contributed by atoms with Crippen molar-refractivity contribution in [3.8, 4) is 0 Å². The molecule has 0 radical (unpaired) electrons. The summed E-state index contributed by atoms with van der Waals surface area (Å²) in [5.41, 5.74) is -0.107. The van der Waals surface area contributed by atoms with Gasteiger partial charge in [0.05, 0.1) is 21.9 Å². The Kier molecular flexibility index (Phi) is 4.36. The summed E-state index contributed by atoms with van der Waals surface area (Å²) in [6.07, 6.45) is 1.09. The van der Waals surface area contributed by atoms with Gasteiger partial charge in [-0.25, -0.2) is 18.2 Å². The van der Waals surface area contributed by atoms with Gasteiger partial charge in [0, 0.05) is 0 Å². The zero-order valence-electron chi connectivity index (χ0n) is 10.2. The summed E-state index contributed by atoms with van der Waals surface area (Å²) < 4.78 is 26.7. The first-order chi connectivity index (χ1) is 9.81. The SMILES string of the molecule is O=C(O)c1ccc(NS(=O)(=O)c2c(Cl)cccc2Cl)cn1. The molecule has 1 aromatic heterocycles. The third kappa shape index (κ3) is 3.44. The third-order valence-corrected chi connectivity index (χ3v) is 4.76. The Bertz CT molecular complexity index is 771. The van der Waals surface area contributed by atoms with Gasteiger partial charge in [-0.3, -0.25) is 4.72 Å². The molecule has 0 aliphatic carbocycles. The van der Waals surface area contributed by atoms with E-state index in [4.69, 9.17) is 28.3 Å². The van der Waals surface area contributed by atoms with E-state index in [0.29, 0.717) is 0 Å². The predicted octanol–water partition coefficient (Wildman–Crippen LogP) is 2.89. The summed E-state index contributed by atoms with van der Waals surface area (Å²) in [5, 5.41) is 8.68. The molecule has 0 aliphatic rings. The summed E-state index contributed by atoms with van der Waals surface area (Å²) in [6.45, 7) is 0.